The van der Waals surface area contributed by atoms with Gasteiger partial charge in [-0.25, -0.2) is 0 Å². The molecule has 0 fully saturated rings. The third-order valence-corrected chi connectivity index (χ3v) is 3.33. The Morgan fingerprint density at radius 3 is 2.52 bits per heavy atom. The van der Waals surface area contributed by atoms with Gasteiger partial charge in [-0.3, -0.25) is 9.79 Å². The largest absolute Gasteiger partial charge is 0.493 e. The predicted molar refractivity (Wildman–Crippen MR) is 79.5 cm³/mol. The van der Waals surface area contributed by atoms with Gasteiger partial charge in [0.1, 0.15) is 12.4 Å². The van der Waals surface area contributed by atoms with Crippen LogP contribution in [0.1, 0.15) is 25.0 Å². The van der Waals surface area contributed by atoms with Crippen LogP contribution in [-0.2, 0) is 11.2 Å². The fraction of sp³-hybridized carbons (Fsp3) is 0.467. The highest BCUT2D eigenvalue weighted by Crippen LogP contribution is 2.34. The molecule has 0 saturated carbocycles. The molecule has 0 atom stereocenters. The number of carbonyl (C=O) groups is 1. The molecule has 1 aliphatic heterocycles. The highest BCUT2D eigenvalue weighted by Gasteiger charge is 2.30. The Morgan fingerprint density at radius 2 is 1.95 bits per heavy atom. The van der Waals surface area contributed by atoms with Gasteiger partial charge < -0.3 is 19.9 Å². The standard InChI is InChI=1S/C15H20N2O4/c1-15(2)7-9-5-11(20-3)12(21-4)6-10(9)14(17-15)16-8-13(18)19/h5-6H,7-8H2,1-4H3,(H,16,17)(H,18,19). The molecule has 0 radical (unpaired) electrons. The monoisotopic (exact) mass is 292 g/mol. The van der Waals surface area contributed by atoms with Crippen LogP contribution >= 0.6 is 0 Å². The fourth-order valence-corrected chi connectivity index (χ4v) is 2.47. The summed E-state index contributed by atoms with van der Waals surface area (Å²) in [7, 11) is 3.16. The summed E-state index contributed by atoms with van der Waals surface area (Å²) in [5, 5.41) is 12.1. The van der Waals surface area contributed by atoms with Gasteiger partial charge in [-0.05, 0) is 38.0 Å². The van der Waals surface area contributed by atoms with E-state index in [4.69, 9.17) is 14.6 Å². The lowest BCUT2D eigenvalue weighted by Gasteiger charge is -2.35. The first-order valence-electron chi connectivity index (χ1n) is 6.66. The van der Waals surface area contributed by atoms with Crippen molar-refractivity contribution in [2.24, 2.45) is 4.99 Å². The molecule has 0 amide bonds. The van der Waals surface area contributed by atoms with Crippen molar-refractivity contribution in [2.75, 3.05) is 20.8 Å². The first-order chi connectivity index (χ1) is 9.86. The average Bonchev–Trinajstić information content (AvgIpc) is 2.42. The minimum absolute atomic E-state index is 0.204. The number of amidine groups is 1. The van der Waals surface area contributed by atoms with Crippen LogP contribution < -0.4 is 14.8 Å². The zero-order valence-electron chi connectivity index (χ0n) is 12.7. The quantitative estimate of drug-likeness (QED) is 0.878. The Labute approximate surface area is 123 Å². The summed E-state index contributed by atoms with van der Waals surface area (Å²) in [6.07, 6.45) is 0.786. The maximum atomic E-state index is 10.8. The zero-order chi connectivity index (χ0) is 15.6. The van der Waals surface area contributed by atoms with Gasteiger partial charge >= 0.3 is 5.97 Å². The maximum Gasteiger partial charge on any atom is 0.325 e. The molecule has 2 rings (SSSR count). The summed E-state index contributed by atoms with van der Waals surface area (Å²) in [5.74, 6) is 0.867. The number of aliphatic carboxylic acids is 1. The molecule has 1 aromatic rings. The number of methoxy groups -OCH3 is 2. The van der Waals surface area contributed by atoms with Crippen molar-refractivity contribution in [3.05, 3.63) is 23.3 Å². The zero-order valence-corrected chi connectivity index (χ0v) is 12.7. The van der Waals surface area contributed by atoms with Crippen LogP contribution in [0.5, 0.6) is 11.5 Å². The highest BCUT2D eigenvalue weighted by atomic mass is 16.5. The normalized spacial score (nSPS) is 17.8. The van der Waals surface area contributed by atoms with Gasteiger partial charge in [-0.2, -0.15) is 0 Å². The molecule has 6 heteroatoms. The van der Waals surface area contributed by atoms with Gasteiger partial charge in [-0.1, -0.05) is 0 Å². The number of hydrogen-bond acceptors (Lipinski definition) is 4. The number of carboxylic acid groups (broad SMARTS) is 1. The van der Waals surface area contributed by atoms with Crippen molar-refractivity contribution < 1.29 is 19.4 Å². The number of nitrogens with one attached hydrogen (secondary N) is 1. The van der Waals surface area contributed by atoms with Gasteiger partial charge in [0, 0.05) is 11.1 Å². The minimum Gasteiger partial charge on any atom is -0.493 e. The molecule has 0 saturated heterocycles. The van der Waals surface area contributed by atoms with E-state index in [1.54, 1.807) is 14.2 Å². The van der Waals surface area contributed by atoms with E-state index in [9.17, 15) is 4.79 Å². The summed E-state index contributed by atoms with van der Waals surface area (Å²) in [5.41, 5.74) is 1.71. The van der Waals surface area contributed by atoms with Gasteiger partial charge in [0.15, 0.2) is 11.5 Å². The summed E-state index contributed by atoms with van der Waals surface area (Å²) in [6.45, 7) is 3.82. The number of benzene rings is 1. The number of nitrogens with zero attached hydrogens (tertiary/aromatic N) is 1. The van der Waals surface area contributed by atoms with E-state index in [0.717, 1.165) is 17.5 Å². The lowest BCUT2D eigenvalue weighted by Crippen LogP contribution is -2.49. The third kappa shape index (κ3) is 3.26. The van der Waals surface area contributed by atoms with Crippen LogP contribution in [0.3, 0.4) is 0 Å². The molecule has 0 aliphatic carbocycles. The van der Waals surface area contributed by atoms with Crippen LogP contribution in [0.25, 0.3) is 0 Å². The Balaban J connectivity index is 2.53. The topological polar surface area (TPSA) is 80.2 Å². The van der Waals surface area contributed by atoms with Crippen LogP contribution in [-0.4, -0.2) is 43.2 Å². The number of ether oxygens (including phenoxy) is 2. The van der Waals surface area contributed by atoms with Crippen LogP contribution in [0.4, 0.5) is 0 Å². The van der Waals surface area contributed by atoms with E-state index in [0.29, 0.717) is 17.3 Å². The molecule has 0 unspecified atom stereocenters. The van der Waals surface area contributed by atoms with Crippen molar-refractivity contribution in [1.82, 2.24) is 5.32 Å². The lowest BCUT2D eigenvalue weighted by molar-refractivity contribution is -0.135. The molecule has 21 heavy (non-hydrogen) atoms. The Kier molecular flexibility index (Phi) is 4.06. The Hall–Kier alpha value is -2.24. The first kappa shape index (κ1) is 15.2. The average molecular weight is 292 g/mol. The van der Waals surface area contributed by atoms with E-state index in [2.05, 4.69) is 10.3 Å². The summed E-state index contributed by atoms with van der Waals surface area (Å²) >= 11 is 0. The molecule has 114 valence electrons. The fourth-order valence-electron chi connectivity index (χ4n) is 2.47. The van der Waals surface area contributed by atoms with E-state index in [1.165, 1.54) is 0 Å². The van der Waals surface area contributed by atoms with E-state index < -0.39 is 5.97 Å². The molecule has 1 aliphatic rings. The number of aliphatic imine (C=N–C) groups is 1. The van der Waals surface area contributed by atoms with Crippen LogP contribution in [0.2, 0.25) is 0 Å². The van der Waals surface area contributed by atoms with Crippen molar-refractivity contribution in [2.45, 2.75) is 25.8 Å². The second kappa shape index (κ2) is 5.63. The van der Waals surface area contributed by atoms with Crippen molar-refractivity contribution >= 4 is 11.8 Å². The minimum atomic E-state index is -0.963. The van der Waals surface area contributed by atoms with Gasteiger partial charge in [0.2, 0.25) is 0 Å². The Bertz CT molecular complexity index is 594. The van der Waals surface area contributed by atoms with Crippen molar-refractivity contribution in [3.8, 4) is 11.5 Å². The number of hydrogen-bond donors (Lipinski definition) is 2. The van der Waals surface area contributed by atoms with E-state index >= 15 is 0 Å². The molecule has 6 nitrogen and oxygen atoms in total. The Morgan fingerprint density at radius 1 is 1.33 bits per heavy atom. The van der Waals surface area contributed by atoms with E-state index in [1.807, 2.05) is 26.0 Å². The van der Waals surface area contributed by atoms with Gasteiger partial charge in [0.25, 0.3) is 0 Å². The molecule has 1 heterocycles. The summed E-state index contributed by atoms with van der Waals surface area (Å²) in [4.78, 5) is 14.9. The van der Waals surface area contributed by atoms with Crippen LogP contribution in [0.15, 0.2) is 17.1 Å². The number of fused-ring (bicyclic) bond motifs is 1. The van der Waals surface area contributed by atoms with E-state index in [-0.39, 0.29) is 12.1 Å². The van der Waals surface area contributed by atoms with Crippen molar-refractivity contribution in [3.63, 3.8) is 0 Å². The molecular weight excluding hydrogens is 272 g/mol. The molecule has 1 aromatic carbocycles. The second-order valence-electron chi connectivity index (χ2n) is 5.61. The van der Waals surface area contributed by atoms with Crippen molar-refractivity contribution in [1.29, 1.82) is 0 Å². The number of rotatable bonds is 4. The molecule has 2 N–H and O–H groups in total. The maximum absolute atomic E-state index is 10.8. The second-order valence-corrected chi connectivity index (χ2v) is 5.61. The first-order valence-corrected chi connectivity index (χ1v) is 6.66. The summed E-state index contributed by atoms with van der Waals surface area (Å²) in [6, 6.07) is 3.75. The van der Waals surface area contributed by atoms with Gasteiger partial charge in [0.05, 0.1) is 14.2 Å². The molecular formula is C15H20N2O4. The summed E-state index contributed by atoms with van der Waals surface area (Å²) < 4.78 is 10.6. The smallest absolute Gasteiger partial charge is 0.325 e. The lowest BCUT2D eigenvalue weighted by atomic mass is 9.86. The molecule has 0 bridgehead atoms. The SMILES string of the molecule is COc1cc2c(cc1OC)C(=NCC(=O)O)NC(C)(C)C2. The number of carboxylic acids is 1. The van der Waals surface area contributed by atoms with Gasteiger partial charge in [-0.15, -0.1) is 0 Å². The highest BCUT2D eigenvalue weighted by molar-refractivity contribution is 6.03. The molecule has 0 aromatic heterocycles. The van der Waals surface area contributed by atoms with Crippen LogP contribution in [0, 0.1) is 0 Å². The molecule has 0 spiro atoms. The third-order valence-electron chi connectivity index (χ3n) is 3.33. The predicted octanol–water partition coefficient (Wildman–Crippen LogP) is 1.46.